The third kappa shape index (κ3) is 4.94. The predicted octanol–water partition coefficient (Wildman–Crippen LogP) is 4.09. The summed E-state index contributed by atoms with van der Waals surface area (Å²) < 4.78 is 2.02. The summed E-state index contributed by atoms with van der Waals surface area (Å²) in [6.07, 6.45) is 5.56. The summed E-state index contributed by atoms with van der Waals surface area (Å²) in [5.41, 5.74) is 3.52. The van der Waals surface area contributed by atoms with Crippen molar-refractivity contribution in [3.05, 3.63) is 83.4 Å². The lowest BCUT2D eigenvalue weighted by Gasteiger charge is -2.26. The zero-order chi connectivity index (χ0) is 18.4. The molecule has 1 aromatic heterocycles. The average Bonchev–Trinajstić information content (AvgIpc) is 3.16. The molecule has 0 spiro atoms. The van der Waals surface area contributed by atoms with Gasteiger partial charge in [-0.25, -0.2) is 4.98 Å². The molecule has 0 bridgehead atoms. The van der Waals surface area contributed by atoms with Crippen molar-refractivity contribution in [1.82, 2.24) is 19.4 Å². The van der Waals surface area contributed by atoms with Gasteiger partial charge in [0.15, 0.2) is 0 Å². The van der Waals surface area contributed by atoms with Crippen LogP contribution in [0.2, 0.25) is 5.02 Å². The maximum absolute atomic E-state index is 6.59. The summed E-state index contributed by atoms with van der Waals surface area (Å²) >= 11 is 6.59. The second kappa shape index (κ2) is 8.99. The number of imidazole rings is 1. The van der Waals surface area contributed by atoms with Gasteiger partial charge in [-0.05, 0) is 31.8 Å². The molecule has 0 aliphatic rings. The van der Waals surface area contributed by atoms with Gasteiger partial charge in [-0.1, -0.05) is 48.0 Å². The van der Waals surface area contributed by atoms with E-state index in [0.29, 0.717) is 0 Å². The molecule has 26 heavy (non-hydrogen) atoms. The van der Waals surface area contributed by atoms with E-state index in [1.165, 1.54) is 5.56 Å². The van der Waals surface area contributed by atoms with Crippen LogP contribution in [0.5, 0.6) is 0 Å². The number of halogens is 1. The van der Waals surface area contributed by atoms with E-state index in [2.05, 4.69) is 65.3 Å². The number of hydrogen-bond acceptors (Lipinski definition) is 3. The molecule has 5 heteroatoms. The van der Waals surface area contributed by atoms with Crippen molar-refractivity contribution in [3.63, 3.8) is 0 Å². The molecule has 0 aliphatic carbocycles. The first-order valence-corrected chi connectivity index (χ1v) is 9.18. The van der Waals surface area contributed by atoms with Crippen molar-refractivity contribution in [1.29, 1.82) is 0 Å². The standard InChI is InChI=1S/C21H25ClN4/c1-24(2)13-14-25(15-18-7-4-3-5-8-18)16-19-20(22)9-6-10-21(19)26-12-11-23-17-26/h3-12,17H,13-16H2,1-2H3. The molecule has 3 aromatic rings. The topological polar surface area (TPSA) is 24.3 Å². The largest absolute Gasteiger partial charge is 0.308 e. The minimum atomic E-state index is 0.788. The average molecular weight is 369 g/mol. The van der Waals surface area contributed by atoms with Gasteiger partial charge in [0.05, 0.1) is 12.0 Å². The summed E-state index contributed by atoms with van der Waals surface area (Å²) in [4.78, 5) is 8.83. The third-order valence-corrected chi connectivity index (χ3v) is 4.72. The quantitative estimate of drug-likeness (QED) is 0.598. The van der Waals surface area contributed by atoms with Gasteiger partial charge in [0.25, 0.3) is 0 Å². The molecule has 0 aliphatic heterocycles. The Hall–Kier alpha value is -2.14. The van der Waals surface area contributed by atoms with Crippen LogP contribution >= 0.6 is 11.6 Å². The summed E-state index contributed by atoms with van der Waals surface area (Å²) in [6.45, 7) is 3.65. The molecule has 0 radical (unpaired) electrons. The fraction of sp³-hybridized carbons (Fsp3) is 0.286. The van der Waals surface area contributed by atoms with Crippen LogP contribution in [0.4, 0.5) is 0 Å². The van der Waals surface area contributed by atoms with Gasteiger partial charge in [-0.15, -0.1) is 0 Å². The van der Waals surface area contributed by atoms with E-state index in [1.807, 2.05) is 29.2 Å². The summed E-state index contributed by atoms with van der Waals surface area (Å²) in [6, 6.07) is 16.6. The lowest BCUT2D eigenvalue weighted by Crippen LogP contribution is -2.31. The fourth-order valence-corrected chi connectivity index (χ4v) is 3.20. The van der Waals surface area contributed by atoms with E-state index in [9.17, 15) is 0 Å². The van der Waals surface area contributed by atoms with Crippen LogP contribution in [0.15, 0.2) is 67.3 Å². The van der Waals surface area contributed by atoms with Crippen molar-refractivity contribution >= 4 is 11.6 Å². The molecule has 0 atom stereocenters. The van der Waals surface area contributed by atoms with Crippen molar-refractivity contribution in [2.24, 2.45) is 0 Å². The highest BCUT2D eigenvalue weighted by Gasteiger charge is 2.14. The molecule has 0 amide bonds. The number of rotatable bonds is 8. The highest BCUT2D eigenvalue weighted by molar-refractivity contribution is 6.31. The van der Waals surface area contributed by atoms with E-state index in [-0.39, 0.29) is 0 Å². The second-order valence-corrected chi connectivity index (χ2v) is 7.11. The van der Waals surface area contributed by atoms with Crippen LogP contribution in [0, 0.1) is 0 Å². The maximum atomic E-state index is 6.59. The smallest absolute Gasteiger partial charge is 0.0991 e. The Kier molecular flexibility index (Phi) is 6.45. The summed E-state index contributed by atoms with van der Waals surface area (Å²) in [5.74, 6) is 0. The third-order valence-electron chi connectivity index (χ3n) is 4.37. The molecular formula is C21H25ClN4. The minimum Gasteiger partial charge on any atom is -0.308 e. The normalized spacial score (nSPS) is 11.4. The van der Waals surface area contributed by atoms with Crippen LogP contribution in [0.3, 0.4) is 0 Å². The van der Waals surface area contributed by atoms with Gasteiger partial charge in [0.1, 0.15) is 0 Å². The van der Waals surface area contributed by atoms with Gasteiger partial charge in [0, 0.05) is 49.2 Å². The molecular weight excluding hydrogens is 344 g/mol. The van der Waals surface area contributed by atoms with Gasteiger partial charge in [-0.2, -0.15) is 0 Å². The Balaban J connectivity index is 1.86. The number of benzene rings is 2. The monoisotopic (exact) mass is 368 g/mol. The molecule has 0 saturated carbocycles. The first kappa shape index (κ1) is 18.6. The molecule has 0 saturated heterocycles. The minimum absolute atomic E-state index is 0.788. The van der Waals surface area contributed by atoms with Crippen LogP contribution < -0.4 is 0 Å². The Labute approximate surface area is 160 Å². The van der Waals surface area contributed by atoms with E-state index < -0.39 is 0 Å². The molecule has 2 aromatic carbocycles. The van der Waals surface area contributed by atoms with E-state index in [0.717, 1.165) is 42.5 Å². The SMILES string of the molecule is CN(C)CCN(Cc1ccccc1)Cc1c(Cl)cccc1-n1ccnc1. The van der Waals surface area contributed by atoms with E-state index >= 15 is 0 Å². The zero-order valence-electron chi connectivity index (χ0n) is 15.3. The molecule has 0 fully saturated rings. The van der Waals surface area contributed by atoms with Crippen LogP contribution in [0.1, 0.15) is 11.1 Å². The van der Waals surface area contributed by atoms with Crippen LogP contribution in [-0.4, -0.2) is 46.5 Å². The highest BCUT2D eigenvalue weighted by atomic mass is 35.5. The first-order valence-electron chi connectivity index (χ1n) is 8.80. The predicted molar refractivity (Wildman–Crippen MR) is 108 cm³/mol. The van der Waals surface area contributed by atoms with Crippen molar-refractivity contribution in [3.8, 4) is 5.69 Å². The van der Waals surface area contributed by atoms with Crippen LogP contribution in [-0.2, 0) is 13.1 Å². The lowest BCUT2D eigenvalue weighted by molar-refractivity contribution is 0.226. The van der Waals surface area contributed by atoms with Gasteiger partial charge in [0.2, 0.25) is 0 Å². The molecule has 3 rings (SSSR count). The number of likely N-dealkylation sites (N-methyl/N-ethyl adjacent to an activating group) is 1. The zero-order valence-corrected chi connectivity index (χ0v) is 16.1. The Morgan fingerprint density at radius 1 is 0.962 bits per heavy atom. The van der Waals surface area contributed by atoms with Gasteiger partial charge >= 0.3 is 0 Å². The van der Waals surface area contributed by atoms with E-state index in [4.69, 9.17) is 11.6 Å². The highest BCUT2D eigenvalue weighted by Crippen LogP contribution is 2.25. The molecule has 0 N–H and O–H groups in total. The fourth-order valence-electron chi connectivity index (χ4n) is 2.97. The van der Waals surface area contributed by atoms with Gasteiger partial charge < -0.3 is 9.47 Å². The number of nitrogens with zero attached hydrogens (tertiary/aromatic N) is 4. The van der Waals surface area contributed by atoms with Gasteiger partial charge in [-0.3, -0.25) is 4.90 Å². The van der Waals surface area contributed by atoms with Crippen molar-refractivity contribution in [2.75, 3.05) is 27.2 Å². The van der Waals surface area contributed by atoms with E-state index in [1.54, 1.807) is 6.20 Å². The second-order valence-electron chi connectivity index (χ2n) is 6.71. The lowest BCUT2D eigenvalue weighted by atomic mass is 10.1. The summed E-state index contributed by atoms with van der Waals surface area (Å²) in [5, 5.41) is 0.791. The van der Waals surface area contributed by atoms with Crippen molar-refractivity contribution < 1.29 is 0 Å². The number of hydrogen-bond donors (Lipinski definition) is 0. The van der Waals surface area contributed by atoms with Crippen molar-refractivity contribution in [2.45, 2.75) is 13.1 Å². The molecule has 1 heterocycles. The Morgan fingerprint density at radius 3 is 2.46 bits per heavy atom. The Bertz CT molecular complexity index is 800. The molecule has 0 unspecified atom stereocenters. The molecule has 4 nitrogen and oxygen atoms in total. The summed E-state index contributed by atoms with van der Waals surface area (Å²) in [7, 11) is 4.21. The maximum Gasteiger partial charge on any atom is 0.0991 e. The number of aromatic nitrogens is 2. The Morgan fingerprint density at radius 2 is 1.77 bits per heavy atom. The molecule has 136 valence electrons. The van der Waals surface area contributed by atoms with Crippen LogP contribution in [0.25, 0.3) is 5.69 Å². The first-order chi connectivity index (χ1) is 12.6.